The first kappa shape index (κ1) is 17.5. The summed E-state index contributed by atoms with van der Waals surface area (Å²) in [5.74, 6) is -1.02. The molecule has 0 atom stereocenters. The van der Waals surface area contributed by atoms with E-state index >= 15 is 0 Å². The maximum Gasteiger partial charge on any atom is 0.144 e. The number of hydrogen-bond donors (Lipinski definition) is 1. The molecule has 0 aliphatic carbocycles. The van der Waals surface area contributed by atoms with Gasteiger partial charge in [0.1, 0.15) is 11.6 Å². The molecule has 0 saturated carbocycles. The van der Waals surface area contributed by atoms with Gasteiger partial charge >= 0.3 is 0 Å². The van der Waals surface area contributed by atoms with E-state index in [0.29, 0.717) is 10.5 Å². The van der Waals surface area contributed by atoms with Gasteiger partial charge in [-0.3, -0.25) is 0 Å². The first-order valence-corrected chi connectivity index (χ1v) is 7.76. The van der Waals surface area contributed by atoms with Crippen molar-refractivity contribution in [3.05, 3.63) is 33.8 Å². The summed E-state index contributed by atoms with van der Waals surface area (Å²) >= 11 is 3.07. The lowest BCUT2D eigenvalue weighted by Crippen LogP contribution is -2.27. The molecule has 0 aliphatic heterocycles. The van der Waals surface area contributed by atoms with E-state index in [1.165, 1.54) is 12.1 Å². The molecule has 0 saturated heterocycles. The van der Waals surface area contributed by atoms with Crippen molar-refractivity contribution in [1.29, 1.82) is 0 Å². The Hall–Kier alpha value is -0.520. The molecule has 0 aromatic heterocycles. The number of nitrogens with zero attached hydrogens (tertiary/aromatic N) is 1. The van der Waals surface area contributed by atoms with Gasteiger partial charge < -0.3 is 10.2 Å². The van der Waals surface area contributed by atoms with Crippen LogP contribution in [0.2, 0.25) is 0 Å². The highest BCUT2D eigenvalue weighted by molar-refractivity contribution is 9.10. The van der Waals surface area contributed by atoms with Gasteiger partial charge in [0.05, 0.1) is 4.47 Å². The summed E-state index contributed by atoms with van der Waals surface area (Å²) in [6, 6.07) is 3.21. The second-order valence-electron chi connectivity index (χ2n) is 5.28. The quantitative estimate of drug-likeness (QED) is 0.565. The van der Waals surface area contributed by atoms with Crippen molar-refractivity contribution in [2.75, 3.05) is 20.1 Å². The number of benzene rings is 1. The first-order valence-electron chi connectivity index (χ1n) is 6.96. The Balaban J connectivity index is 2.27. The average Bonchev–Trinajstić information content (AvgIpc) is 2.41. The van der Waals surface area contributed by atoms with Gasteiger partial charge in [0, 0.05) is 18.2 Å². The molecule has 1 aromatic carbocycles. The Morgan fingerprint density at radius 1 is 1.25 bits per heavy atom. The van der Waals surface area contributed by atoms with E-state index in [-0.39, 0.29) is 12.1 Å². The molecule has 0 fully saturated rings. The highest BCUT2D eigenvalue weighted by atomic mass is 79.9. The number of rotatable bonds is 8. The number of hydrogen-bond acceptors (Lipinski definition) is 2. The van der Waals surface area contributed by atoms with Crippen molar-refractivity contribution in [1.82, 2.24) is 10.2 Å². The fourth-order valence-electron chi connectivity index (χ4n) is 1.81. The lowest BCUT2D eigenvalue weighted by Gasteiger charge is -2.20. The molecule has 0 spiro atoms. The first-order chi connectivity index (χ1) is 9.43. The van der Waals surface area contributed by atoms with Crippen LogP contribution in [0.5, 0.6) is 0 Å². The number of halogens is 3. The van der Waals surface area contributed by atoms with E-state index < -0.39 is 11.6 Å². The third-order valence-corrected chi connectivity index (χ3v) is 4.05. The van der Waals surface area contributed by atoms with Crippen LogP contribution in [0, 0.1) is 11.6 Å². The second kappa shape index (κ2) is 8.70. The summed E-state index contributed by atoms with van der Waals surface area (Å²) < 4.78 is 27.5. The molecule has 0 unspecified atom stereocenters. The molecule has 0 amide bonds. The van der Waals surface area contributed by atoms with Gasteiger partial charge in [0.2, 0.25) is 0 Å². The largest absolute Gasteiger partial charge is 0.312 e. The molecule has 20 heavy (non-hydrogen) atoms. The van der Waals surface area contributed by atoms with Crippen LogP contribution in [0.25, 0.3) is 0 Å². The molecule has 0 aliphatic rings. The smallest absolute Gasteiger partial charge is 0.144 e. The van der Waals surface area contributed by atoms with Crippen molar-refractivity contribution in [2.24, 2.45) is 0 Å². The van der Waals surface area contributed by atoms with Crippen LogP contribution in [-0.4, -0.2) is 31.1 Å². The van der Waals surface area contributed by atoms with E-state index in [9.17, 15) is 8.78 Å². The Labute approximate surface area is 128 Å². The van der Waals surface area contributed by atoms with Crippen molar-refractivity contribution in [3.8, 4) is 0 Å². The van der Waals surface area contributed by atoms with E-state index in [0.717, 1.165) is 25.9 Å². The maximum absolute atomic E-state index is 13.7. The second-order valence-corrected chi connectivity index (χ2v) is 6.13. The zero-order valence-electron chi connectivity index (χ0n) is 12.3. The highest BCUT2D eigenvalue weighted by Gasteiger charge is 2.11. The average molecular weight is 349 g/mol. The van der Waals surface area contributed by atoms with Crippen molar-refractivity contribution in [2.45, 2.75) is 39.3 Å². The normalized spacial score (nSPS) is 11.6. The van der Waals surface area contributed by atoms with Crippen molar-refractivity contribution < 1.29 is 8.78 Å². The minimum absolute atomic E-state index is 0.0960. The zero-order valence-corrected chi connectivity index (χ0v) is 13.9. The maximum atomic E-state index is 13.7. The minimum atomic E-state index is -0.517. The van der Waals surface area contributed by atoms with E-state index in [4.69, 9.17) is 0 Å². The van der Waals surface area contributed by atoms with E-state index in [2.05, 4.69) is 47.0 Å². The van der Waals surface area contributed by atoms with Crippen LogP contribution in [0.4, 0.5) is 8.78 Å². The third kappa shape index (κ3) is 5.46. The molecule has 1 N–H and O–H groups in total. The fourth-order valence-corrected chi connectivity index (χ4v) is 2.19. The highest BCUT2D eigenvalue weighted by Crippen LogP contribution is 2.21. The van der Waals surface area contributed by atoms with Crippen LogP contribution in [0.15, 0.2) is 16.6 Å². The predicted molar refractivity (Wildman–Crippen MR) is 82.8 cm³/mol. The van der Waals surface area contributed by atoms with Gasteiger partial charge in [0.15, 0.2) is 0 Å². The molecule has 0 bridgehead atoms. The number of unbranched alkanes of at least 4 members (excludes halogenated alkanes) is 1. The Morgan fingerprint density at radius 3 is 2.60 bits per heavy atom. The SMILES string of the molecule is CC(C)N(C)CCCCNCc1c(F)ccc(Br)c1F. The summed E-state index contributed by atoms with van der Waals surface area (Å²) in [6.07, 6.45) is 2.07. The summed E-state index contributed by atoms with van der Waals surface area (Å²) in [6.45, 7) is 6.35. The summed E-state index contributed by atoms with van der Waals surface area (Å²) in [7, 11) is 2.10. The molecule has 0 heterocycles. The van der Waals surface area contributed by atoms with Gasteiger partial charge in [-0.25, -0.2) is 8.78 Å². The molecule has 0 radical (unpaired) electrons. The fraction of sp³-hybridized carbons (Fsp3) is 0.600. The van der Waals surface area contributed by atoms with Gasteiger partial charge in [0.25, 0.3) is 0 Å². The van der Waals surface area contributed by atoms with Crippen LogP contribution in [0.1, 0.15) is 32.3 Å². The van der Waals surface area contributed by atoms with Crippen molar-refractivity contribution >= 4 is 15.9 Å². The lowest BCUT2D eigenvalue weighted by atomic mass is 10.2. The third-order valence-electron chi connectivity index (χ3n) is 3.44. The van der Waals surface area contributed by atoms with Gasteiger partial charge in [-0.15, -0.1) is 0 Å². The standard InChI is InChI=1S/C15H23BrF2N2/c1-11(2)20(3)9-5-4-8-19-10-12-14(17)7-6-13(16)15(12)18/h6-7,11,19H,4-5,8-10H2,1-3H3. The van der Waals surface area contributed by atoms with Gasteiger partial charge in [-0.05, 0) is 74.9 Å². The van der Waals surface area contributed by atoms with Crippen LogP contribution < -0.4 is 5.32 Å². The monoisotopic (exact) mass is 348 g/mol. The van der Waals surface area contributed by atoms with Crippen LogP contribution >= 0.6 is 15.9 Å². The molecule has 1 aromatic rings. The van der Waals surface area contributed by atoms with Gasteiger partial charge in [-0.2, -0.15) is 0 Å². The summed E-state index contributed by atoms with van der Waals surface area (Å²) in [5.41, 5.74) is 0.0960. The summed E-state index contributed by atoms with van der Waals surface area (Å²) in [4.78, 5) is 2.29. The van der Waals surface area contributed by atoms with Crippen LogP contribution in [-0.2, 0) is 6.54 Å². The lowest BCUT2D eigenvalue weighted by molar-refractivity contribution is 0.268. The summed E-state index contributed by atoms with van der Waals surface area (Å²) in [5, 5.41) is 3.09. The van der Waals surface area contributed by atoms with Crippen LogP contribution in [0.3, 0.4) is 0 Å². The van der Waals surface area contributed by atoms with Crippen molar-refractivity contribution in [3.63, 3.8) is 0 Å². The minimum Gasteiger partial charge on any atom is -0.312 e. The van der Waals surface area contributed by atoms with E-state index in [1.54, 1.807) is 0 Å². The zero-order chi connectivity index (χ0) is 15.1. The molecule has 1 rings (SSSR count). The Kier molecular flexibility index (Phi) is 7.62. The molecular weight excluding hydrogens is 326 g/mol. The Bertz CT molecular complexity index is 425. The number of nitrogens with one attached hydrogen (secondary N) is 1. The van der Waals surface area contributed by atoms with Gasteiger partial charge in [-0.1, -0.05) is 0 Å². The Morgan fingerprint density at radius 2 is 1.95 bits per heavy atom. The molecule has 5 heteroatoms. The molecule has 2 nitrogen and oxygen atoms in total. The molecular formula is C15H23BrF2N2. The topological polar surface area (TPSA) is 15.3 Å². The van der Waals surface area contributed by atoms with E-state index in [1.807, 2.05) is 0 Å². The molecule has 114 valence electrons. The predicted octanol–water partition coefficient (Wildman–Crippen LogP) is 3.94.